The highest BCUT2D eigenvalue weighted by molar-refractivity contribution is 7.15. The summed E-state index contributed by atoms with van der Waals surface area (Å²) in [4.78, 5) is 8.44. The van der Waals surface area contributed by atoms with E-state index in [1.54, 1.807) is 0 Å². The molecule has 0 N–H and O–H groups in total. The van der Waals surface area contributed by atoms with Crippen LogP contribution in [0.15, 0.2) is 30.5 Å². The zero-order valence-electron chi connectivity index (χ0n) is 11.8. The van der Waals surface area contributed by atoms with Crippen molar-refractivity contribution >= 4 is 11.3 Å². The number of aromatic nitrogens is 1. The van der Waals surface area contributed by atoms with Crippen LogP contribution < -0.4 is 0 Å². The maximum absolute atomic E-state index is 4.64. The molecule has 0 radical (unpaired) electrons. The molecule has 100 valence electrons. The van der Waals surface area contributed by atoms with Crippen LogP contribution in [-0.2, 0) is 0 Å². The Kier molecular flexibility index (Phi) is 3.42. The third-order valence-corrected chi connectivity index (χ3v) is 5.12. The van der Waals surface area contributed by atoms with E-state index >= 15 is 0 Å². The van der Waals surface area contributed by atoms with Crippen molar-refractivity contribution in [1.82, 2.24) is 9.88 Å². The number of nitrogens with zero attached hydrogens (tertiary/aromatic N) is 2. The summed E-state index contributed by atoms with van der Waals surface area (Å²) in [5, 5.41) is 1.30. The second-order valence-electron chi connectivity index (χ2n) is 5.62. The molecule has 0 spiro atoms. The van der Waals surface area contributed by atoms with E-state index in [0.29, 0.717) is 12.0 Å². The smallest absolute Gasteiger partial charge is 0.0987 e. The molecule has 1 aliphatic heterocycles. The van der Waals surface area contributed by atoms with E-state index in [0.717, 1.165) is 0 Å². The Hall–Kier alpha value is -1.19. The summed E-state index contributed by atoms with van der Waals surface area (Å²) in [5.74, 6) is 0.644. The van der Waals surface area contributed by atoms with E-state index in [-0.39, 0.29) is 0 Å². The number of likely N-dealkylation sites (tertiary alicyclic amines) is 1. The Labute approximate surface area is 119 Å². The van der Waals surface area contributed by atoms with E-state index in [9.17, 15) is 0 Å². The highest BCUT2D eigenvalue weighted by atomic mass is 32.1. The van der Waals surface area contributed by atoms with Gasteiger partial charge in [0.1, 0.15) is 0 Å². The quantitative estimate of drug-likeness (QED) is 0.841. The molecule has 1 aliphatic rings. The first kappa shape index (κ1) is 12.8. The van der Waals surface area contributed by atoms with Crippen LogP contribution >= 0.6 is 11.3 Å². The number of benzene rings is 1. The standard InChI is InChI=1S/C16H20N2S/c1-11(2)18-9-13(10-18)16-17-8-15(19-16)14-7-5-4-6-12(14)3/h4-8,11,13H,9-10H2,1-3H3. The minimum atomic E-state index is 0.644. The maximum atomic E-state index is 4.64. The van der Waals surface area contributed by atoms with Gasteiger partial charge >= 0.3 is 0 Å². The lowest BCUT2D eigenvalue weighted by molar-refractivity contribution is 0.110. The van der Waals surface area contributed by atoms with E-state index in [1.165, 1.54) is 34.1 Å². The maximum Gasteiger partial charge on any atom is 0.0987 e. The summed E-state index contributed by atoms with van der Waals surface area (Å²) < 4.78 is 0. The summed E-state index contributed by atoms with van der Waals surface area (Å²) in [6, 6.07) is 9.21. The second-order valence-corrected chi connectivity index (χ2v) is 6.68. The number of aryl methyl sites for hydroxylation is 1. The van der Waals surface area contributed by atoms with E-state index in [1.807, 2.05) is 17.5 Å². The number of rotatable bonds is 3. The molecule has 2 aromatic rings. The molecule has 2 nitrogen and oxygen atoms in total. The molecule has 19 heavy (non-hydrogen) atoms. The first-order valence-electron chi connectivity index (χ1n) is 6.91. The minimum absolute atomic E-state index is 0.644. The SMILES string of the molecule is Cc1ccccc1-c1cnc(C2CN(C(C)C)C2)s1. The second kappa shape index (κ2) is 5.06. The minimum Gasteiger partial charge on any atom is -0.299 e. The van der Waals surface area contributed by atoms with Crippen LogP contribution in [0.25, 0.3) is 10.4 Å². The summed E-state index contributed by atoms with van der Waals surface area (Å²) in [5.41, 5.74) is 2.65. The van der Waals surface area contributed by atoms with Gasteiger partial charge in [0.05, 0.1) is 9.88 Å². The largest absolute Gasteiger partial charge is 0.299 e. The lowest BCUT2D eigenvalue weighted by atomic mass is 9.99. The highest BCUT2D eigenvalue weighted by Gasteiger charge is 2.31. The van der Waals surface area contributed by atoms with Crippen LogP contribution in [0.2, 0.25) is 0 Å². The van der Waals surface area contributed by atoms with Crippen molar-refractivity contribution in [1.29, 1.82) is 0 Å². The Morgan fingerprint density at radius 2 is 2.00 bits per heavy atom. The number of thiazole rings is 1. The Bertz CT molecular complexity index is 568. The Morgan fingerprint density at radius 1 is 1.26 bits per heavy atom. The summed E-state index contributed by atoms with van der Waals surface area (Å²) in [6.45, 7) is 9.02. The summed E-state index contributed by atoms with van der Waals surface area (Å²) >= 11 is 1.86. The molecule has 1 fully saturated rings. The Balaban J connectivity index is 1.76. The number of hydrogen-bond acceptors (Lipinski definition) is 3. The summed E-state index contributed by atoms with van der Waals surface area (Å²) in [6.07, 6.45) is 2.04. The highest BCUT2D eigenvalue weighted by Crippen LogP contribution is 2.35. The first-order chi connectivity index (χ1) is 9.15. The van der Waals surface area contributed by atoms with Gasteiger partial charge in [-0.25, -0.2) is 4.98 Å². The van der Waals surface area contributed by atoms with Gasteiger partial charge in [-0.3, -0.25) is 4.90 Å². The zero-order valence-corrected chi connectivity index (χ0v) is 12.6. The predicted molar refractivity (Wildman–Crippen MR) is 81.7 cm³/mol. The first-order valence-corrected chi connectivity index (χ1v) is 7.72. The van der Waals surface area contributed by atoms with Gasteiger partial charge in [-0.2, -0.15) is 0 Å². The molecule has 1 aromatic heterocycles. The topological polar surface area (TPSA) is 16.1 Å². The molecule has 0 saturated carbocycles. The van der Waals surface area contributed by atoms with Crippen molar-refractivity contribution in [2.45, 2.75) is 32.7 Å². The lowest BCUT2D eigenvalue weighted by Crippen LogP contribution is -2.48. The van der Waals surface area contributed by atoms with Crippen molar-refractivity contribution in [2.24, 2.45) is 0 Å². The molecule has 2 heterocycles. The molecule has 1 saturated heterocycles. The molecule has 0 aliphatic carbocycles. The molecular formula is C16H20N2S. The van der Waals surface area contributed by atoms with Crippen LogP contribution in [0.1, 0.15) is 30.3 Å². The van der Waals surface area contributed by atoms with Gasteiger partial charge in [0.2, 0.25) is 0 Å². The molecule has 0 amide bonds. The van der Waals surface area contributed by atoms with Crippen LogP contribution in [0.4, 0.5) is 0 Å². The number of hydrogen-bond donors (Lipinski definition) is 0. The normalized spacial score (nSPS) is 16.8. The molecule has 1 aromatic carbocycles. The third kappa shape index (κ3) is 2.45. The monoisotopic (exact) mass is 272 g/mol. The third-order valence-electron chi connectivity index (χ3n) is 3.92. The molecule has 0 atom stereocenters. The van der Waals surface area contributed by atoms with Crippen LogP contribution in [-0.4, -0.2) is 29.0 Å². The van der Waals surface area contributed by atoms with Crippen molar-refractivity contribution in [2.75, 3.05) is 13.1 Å². The van der Waals surface area contributed by atoms with Crippen molar-refractivity contribution in [3.63, 3.8) is 0 Å². The Morgan fingerprint density at radius 3 is 2.68 bits per heavy atom. The van der Waals surface area contributed by atoms with Crippen LogP contribution in [0, 0.1) is 6.92 Å². The van der Waals surface area contributed by atoms with E-state index in [4.69, 9.17) is 0 Å². The van der Waals surface area contributed by atoms with E-state index < -0.39 is 0 Å². The fourth-order valence-corrected chi connectivity index (χ4v) is 3.63. The van der Waals surface area contributed by atoms with Crippen molar-refractivity contribution in [3.05, 3.63) is 41.0 Å². The van der Waals surface area contributed by atoms with Crippen LogP contribution in [0.5, 0.6) is 0 Å². The zero-order chi connectivity index (χ0) is 13.4. The average Bonchev–Trinajstić information content (AvgIpc) is 2.76. The van der Waals surface area contributed by atoms with Gasteiger partial charge in [-0.1, -0.05) is 24.3 Å². The van der Waals surface area contributed by atoms with Gasteiger partial charge in [0.25, 0.3) is 0 Å². The van der Waals surface area contributed by atoms with Gasteiger partial charge < -0.3 is 0 Å². The molecule has 3 rings (SSSR count). The molecular weight excluding hydrogens is 252 g/mol. The molecule has 0 unspecified atom stereocenters. The van der Waals surface area contributed by atoms with Gasteiger partial charge in [-0.05, 0) is 31.9 Å². The van der Waals surface area contributed by atoms with Gasteiger partial charge in [-0.15, -0.1) is 11.3 Å². The van der Waals surface area contributed by atoms with Gasteiger partial charge in [0, 0.05) is 31.2 Å². The predicted octanol–water partition coefficient (Wildman–Crippen LogP) is 3.93. The lowest BCUT2D eigenvalue weighted by Gasteiger charge is -2.41. The fraction of sp³-hybridized carbons (Fsp3) is 0.438. The fourth-order valence-electron chi connectivity index (χ4n) is 2.54. The van der Waals surface area contributed by atoms with Crippen molar-refractivity contribution < 1.29 is 0 Å². The molecule has 3 heteroatoms. The average molecular weight is 272 g/mol. The van der Waals surface area contributed by atoms with Crippen LogP contribution in [0.3, 0.4) is 0 Å². The van der Waals surface area contributed by atoms with E-state index in [2.05, 4.69) is 54.9 Å². The molecule has 0 bridgehead atoms. The van der Waals surface area contributed by atoms with Crippen molar-refractivity contribution in [3.8, 4) is 10.4 Å². The summed E-state index contributed by atoms with van der Waals surface area (Å²) in [7, 11) is 0. The van der Waals surface area contributed by atoms with Gasteiger partial charge in [0.15, 0.2) is 0 Å².